The van der Waals surface area contributed by atoms with Crippen molar-refractivity contribution in [3.63, 3.8) is 0 Å². The molecule has 2 aromatic carbocycles. The maximum atomic E-state index is 9.48. The summed E-state index contributed by atoms with van der Waals surface area (Å²) in [6, 6.07) is 12.1. The van der Waals surface area contributed by atoms with Gasteiger partial charge in [0, 0.05) is 11.1 Å². The van der Waals surface area contributed by atoms with E-state index in [1.54, 1.807) is 7.11 Å². The zero-order valence-electron chi connectivity index (χ0n) is 12.6. The van der Waals surface area contributed by atoms with Gasteiger partial charge in [-0.1, -0.05) is 12.1 Å². The highest BCUT2D eigenvalue weighted by Crippen LogP contribution is 2.34. The van der Waals surface area contributed by atoms with E-state index < -0.39 is 0 Å². The summed E-state index contributed by atoms with van der Waals surface area (Å²) in [6.07, 6.45) is 0. The first-order valence-electron chi connectivity index (χ1n) is 6.63. The van der Waals surface area contributed by atoms with Crippen LogP contribution in [0.15, 0.2) is 24.3 Å². The van der Waals surface area contributed by atoms with Crippen LogP contribution in [0.2, 0.25) is 0 Å². The van der Waals surface area contributed by atoms with Gasteiger partial charge >= 0.3 is 0 Å². The summed E-state index contributed by atoms with van der Waals surface area (Å²) in [7, 11) is 1.59. The third kappa shape index (κ3) is 2.35. The first kappa shape index (κ1) is 14.6. The molecule has 0 bridgehead atoms. The molecule has 0 aliphatic carbocycles. The minimum Gasteiger partial charge on any atom is -0.496 e. The monoisotopic (exact) mass is 276 g/mol. The summed E-state index contributed by atoms with van der Waals surface area (Å²) < 4.78 is 5.27. The molecule has 0 amide bonds. The quantitative estimate of drug-likeness (QED) is 0.832. The number of hydrogen-bond donors (Lipinski definition) is 0. The first-order valence-corrected chi connectivity index (χ1v) is 6.63. The second kappa shape index (κ2) is 5.69. The van der Waals surface area contributed by atoms with Crippen molar-refractivity contribution >= 4 is 0 Å². The van der Waals surface area contributed by atoms with Crippen LogP contribution >= 0.6 is 0 Å². The molecule has 0 radical (unpaired) electrons. The van der Waals surface area contributed by atoms with Crippen molar-refractivity contribution in [1.82, 2.24) is 0 Å². The molecule has 104 valence electrons. The second-order valence-electron chi connectivity index (χ2n) is 4.97. The predicted molar refractivity (Wildman–Crippen MR) is 82.1 cm³/mol. The summed E-state index contributed by atoms with van der Waals surface area (Å²) >= 11 is 0. The van der Waals surface area contributed by atoms with E-state index in [-0.39, 0.29) is 0 Å². The van der Waals surface area contributed by atoms with Crippen molar-refractivity contribution in [2.24, 2.45) is 0 Å². The van der Waals surface area contributed by atoms with E-state index in [2.05, 4.69) is 12.1 Å². The molecule has 0 aliphatic rings. The van der Waals surface area contributed by atoms with Gasteiger partial charge in [-0.3, -0.25) is 0 Å². The Morgan fingerprint density at radius 3 is 2.00 bits per heavy atom. The smallest absolute Gasteiger partial charge is 0.123 e. The highest BCUT2D eigenvalue weighted by molar-refractivity contribution is 5.78. The lowest BCUT2D eigenvalue weighted by atomic mass is 9.90. The summed E-state index contributed by atoms with van der Waals surface area (Å²) in [4.78, 5) is 0. The SMILES string of the molecule is COc1ccc(-c2ccc(C)c(C#N)c2C)c(C#N)c1C. The Hall–Kier alpha value is -2.78. The average molecular weight is 276 g/mol. The van der Waals surface area contributed by atoms with Crippen LogP contribution in [0.5, 0.6) is 5.75 Å². The molecule has 2 aromatic rings. The molecule has 0 aliphatic heterocycles. The summed E-state index contributed by atoms with van der Waals surface area (Å²) in [5, 5.41) is 18.8. The van der Waals surface area contributed by atoms with Gasteiger partial charge in [0.15, 0.2) is 0 Å². The van der Waals surface area contributed by atoms with E-state index in [9.17, 15) is 10.5 Å². The van der Waals surface area contributed by atoms with E-state index in [0.717, 1.165) is 27.8 Å². The molecule has 0 N–H and O–H groups in total. The normalized spacial score (nSPS) is 9.81. The van der Waals surface area contributed by atoms with Crippen LogP contribution in [0.4, 0.5) is 0 Å². The minimum atomic E-state index is 0.588. The Bertz CT molecular complexity index is 792. The largest absolute Gasteiger partial charge is 0.496 e. The zero-order valence-corrected chi connectivity index (χ0v) is 12.6. The van der Waals surface area contributed by atoms with E-state index in [1.807, 2.05) is 45.0 Å². The number of aryl methyl sites for hydroxylation is 1. The first-order chi connectivity index (χ1) is 10.0. The van der Waals surface area contributed by atoms with Gasteiger partial charge in [0.05, 0.1) is 24.3 Å². The fourth-order valence-corrected chi connectivity index (χ4v) is 2.59. The number of hydrogen-bond acceptors (Lipinski definition) is 3. The highest BCUT2D eigenvalue weighted by Gasteiger charge is 2.15. The molecule has 2 rings (SSSR count). The van der Waals surface area contributed by atoms with Gasteiger partial charge in [-0.05, 0) is 49.6 Å². The summed E-state index contributed by atoms with van der Waals surface area (Å²) in [5.41, 5.74) is 5.68. The highest BCUT2D eigenvalue weighted by atomic mass is 16.5. The molecule has 0 fully saturated rings. The van der Waals surface area contributed by atoms with Crippen LogP contribution < -0.4 is 4.74 Å². The molecular weight excluding hydrogens is 260 g/mol. The van der Waals surface area contributed by atoms with Gasteiger partial charge < -0.3 is 4.74 Å². The predicted octanol–water partition coefficient (Wildman–Crippen LogP) is 4.03. The van der Waals surface area contributed by atoms with Crippen LogP contribution in [-0.2, 0) is 0 Å². The number of benzene rings is 2. The van der Waals surface area contributed by atoms with Crippen molar-refractivity contribution in [2.75, 3.05) is 7.11 Å². The van der Waals surface area contributed by atoms with Crippen molar-refractivity contribution < 1.29 is 4.74 Å². The van der Waals surface area contributed by atoms with Gasteiger partial charge in [-0.25, -0.2) is 0 Å². The van der Waals surface area contributed by atoms with Crippen molar-refractivity contribution in [3.05, 3.63) is 52.1 Å². The summed E-state index contributed by atoms with van der Waals surface area (Å²) in [5.74, 6) is 0.695. The standard InChI is InChI=1S/C18H16N2O/c1-11-5-6-14(12(2)16(11)9-19)15-7-8-18(21-4)13(3)17(15)10-20/h5-8H,1-4H3. The van der Waals surface area contributed by atoms with Crippen molar-refractivity contribution in [2.45, 2.75) is 20.8 Å². The van der Waals surface area contributed by atoms with E-state index in [1.165, 1.54) is 0 Å². The maximum Gasteiger partial charge on any atom is 0.123 e. The van der Waals surface area contributed by atoms with E-state index in [0.29, 0.717) is 16.9 Å². The third-order valence-corrected chi connectivity index (χ3v) is 3.82. The molecule has 3 nitrogen and oxygen atoms in total. The fourth-order valence-electron chi connectivity index (χ4n) is 2.59. The molecule has 0 saturated carbocycles. The molecule has 0 saturated heterocycles. The van der Waals surface area contributed by atoms with Gasteiger partial charge in [0.2, 0.25) is 0 Å². The maximum absolute atomic E-state index is 9.48. The molecule has 0 spiro atoms. The lowest BCUT2D eigenvalue weighted by Crippen LogP contribution is -1.97. The number of methoxy groups -OCH3 is 1. The van der Waals surface area contributed by atoms with Crippen molar-refractivity contribution in [1.29, 1.82) is 10.5 Å². The minimum absolute atomic E-state index is 0.588. The lowest BCUT2D eigenvalue weighted by molar-refractivity contribution is 0.411. The Morgan fingerprint density at radius 1 is 0.810 bits per heavy atom. The number of rotatable bonds is 2. The topological polar surface area (TPSA) is 56.8 Å². The Balaban J connectivity index is 2.78. The number of ether oxygens (including phenoxy) is 1. The van der Waals surface area contributed by atoms with Crippen LogP contribution in [0, 0.1) is 43.4 Å². The van der Waals surface area contributed by atoms with Crippen LogP contribution in [0.1, 0.15) is 27.8 Å². The number of nitrogens with zero attached hydrogens (tertiary/aromatic N) is 2. The van der Waals surface area contributed by atoms with E-state index in [4.69, 9.17) is 4.74 Å². The Kier molecular flexibility index (Phi) is 3.96. The molecule has 0 unspecified atom stereocenters. The van der Waals surface area contributed by atoms with Gasteiger partial charge in [-0.15, -0.1) is 0 Å². The van der Waals surface area contributed by atoms with Crippen LogP contribution in [0.3, 0.4) is 0 Å². The van der Waals surface area contributed by atoms with Crippen molar-refractivity contribution in [3.8, 4) is 29.0 Å². The molecule has 3 heteroatoms. The summed E-state index contributed by atoms with van der Waals surface area (Å²) in [6.45, 7) is 5.71. The van der Waals surface area contributed by atoms with Gasteiger partial charge in [0.1, 0.15) is 11.8 Å². The van der Waals surface area contributed by atoms with E-state index >= 15 is 0 Å². The zero-order chi connectivity index (χ0) is 15.6. The average Bonchev–Trinajstić information content (AvgIpc) is 2.48. The van der Waals surface area contributed by atoms with Crippen LogP contribution in [-0.4, -0.2) is 7.11 Å². The second-order valence-corrected chi connectivity index (χ2v) is 4.97. The molecular formula is C18H16N2O. The Morgan fingerprint density at radius 2 is 1.43 bits per heavy atom. The molecule has 0 atom stereocenters. The molecule has 0 aromatic heterocycles. The molecule has 0 heterocycles. The van der Waals surface area contributed by atoms with Gasteiger partial charge in [0.25, 0.3) is 0 Å². The van der Waals surface area contributed by atoms with Gasteiger partial charge in [-0.2, -0.15) is 10.5 Å². The van der Waals surface area contributed by atoms with Crippen LogP contribution in [0.25, 0.3) is 11.1 Å². The number of nitriles is 2. The lowest BCUT2D eigenvalue weighted by Gasteiger charge is -2.14. The Labute approximate surface area is 125 Å². The molecule has 21 heavy (non-hydrogen) atoms. The third-order valence-electron chi connectivity index (χ3n) is 3.82. The fraction of sp³-hybridized carbons (Fsp3) is 0.222.